The summed E-state index contributed by atoms with van der Waals surface area (Å²) in [5, 5.41) is 0. The minimum atomic E-state index is 0.313. The Balaban J connectivity index is 2.36. The first-order valence-electron chi connectivity index (χ1n) is 6.09. The van der Waals surface area contributed by atoms with Crippen molar-refractivity contribution in [3.05, 3.63) is 23.8 Å². The SMILES string of the molecule is Cc1ccc2c(c1)nc(N)n2CCC(C)(C)C. The maximum atomic E-state index is 5.98. The molecule has 0 saturated carbocycles. The molecule has 0 saturated heterocycles. The van der Waals surface area contributed by atoms with Gasteiger partial charge in [-0.15, -0.1) is 0 Å². The molecule has 1 aromatic carbocycles. The molecule has 0 spiro atoms. The van der Waals surface area contributed by atoms with Crippen LogP contribution in [0.3, 0.4) is 0 Å². The smallest absolute Gasteiger partial charge is 0.201 e. The van der Waals surface area contributed by atoms with Crippen molar-refractivity contribution in [2.24, 2.45) is 5.41 Å². The Bertz CT molecular complexity index is 532. The number of hydrogen-bond donors (Lipinski definition) is 1. The van der Waals surface area contributed by atoms with Crippen molar-refractivity contribution in [3.63, 3.8) is 0 Å². The van der Waals surface area contributed by atoms with Crippen LogP contribution in [0.2, 0.25) is 0 Å². The monoisotopic (exact) mass is 231 g/mol. The van der Waals surface area contributed by atoms with Gasteiger partial charge >= 0.3 is 0 Å². The summed E-state index contributed by atoms with van der Waals surface area (Å²) in [5.41, 5.74) is 9.65. The highest BCUT2D eigenvalue weighted by Crippen LogP contribution is 2.24. The molecule has 92 valence electrons. The summed E-state index contributed by atoms with van der Waals surface area (Å²) in [6.07, 6.45) is 1.09. The number of nitrogens with two attached hydrogens (primary N) is 1. The number of aromatic nitrogens is 2. The van der Waals surface area contributed by atoms with Crippen molar-refractivity contribution in [3.8, 4) is 0 Å². The van der Waals surface area contributed by atoms with Crippen molar-refractivity contribution >= 4 is 17.0 Å². The number of fused-ring (bicyclic) bond motifs is 1. The average Bonchev–Trinajstić information content (AvgIpc) is 2.48. The fraction of sp³-hybridized carbons (Fsp3) is 0.500. The minimum absolute atomic E-state index is 0.313. The van der Waals surface area contributed by atoms with Gasteiger partial charge in [0.1, 0.15) is 0 Å². The van der Waals surface area contributed by atoms with Crippen molar-refractivity contribution in [1.29, 1.82) is 0 Å². The van der Waals surface area contributed by atoms with Crippen molar-refractivity contribution in [2.75, 3.05) is 5.73 Å². The Labute approximate surface area is 103 Å². The van der Waals surface area contributed by atoms with E-state index in [9.17, 15) is 0 Å². The molecule has 0 fully saturated rings. The van der Waals surface area contributed by atoms with Gasteiger partial charge in [-0.25, -0.2) is 4.98 Å². The number of benzene rings is 1. The maximum Gasteiger partial charge on any atom is 0.201 e. The van der Waals surface area contributed by atoms with Gasteiger partial charge in [-0.1, -0.05) is 26.8 Å². The molecule has 0 bridgehead atoms. The Kier molecular flexibility index (Phi) is 2.86. The van der Waals surface area contributed by atoms with E-state index < -0.39 is 0 Å². The third-order valence-corrected chi connectivity index (χ3v) is 3.02. The standard InChI is InChI=1S/C14H21N3/c1-10-5-6-12-11(9-10)16-13(15)17(12)8-7-14(2,3)4/h5-6,9H,7-8H2,1-4H3,(H2,15,16). The van der Waals surface area contributed by atoms with Gasteiger partial charge in [-0.05, 0) is 36.5 Å². The van der Waals surface area contributed by atoms with E-state index in [1.165, 1.54) is 5.56 Å². The minimum Gasteiger partial charge on any atom is -0.369 e. The summed E-state index contributed by atoms with van der Waals surface area (Å²) in [6.45, 7) is 9.73. The molecule has 0 aliphatic heterocycles. The van der Waals surface area contributed by atoms with Gasteiger partial charge < -0.3 is 10.3 Å². The predicted octanol–water partition coefficient (Wildman–Crippen LogP) is 3.36. The molecule has 3 nitrogen and oxygen atoms in total. The molecule has 0 amide bonds. The van der Waals surface area contributed by atoms with Crippen LogP contribution in [0.15, 0.2) is 18.2 Å². The van der Waals surface area contributed by atoms with Crippen LogP contribution in [-0.2, 0) is 6.54 Å². The zero-order valence-corrected chi connectivity index (χ0v) is 11.1. The summed E-state index contributed by atoms with van der Waals surface area (Å²) >= 11 is 0. The number of hydrogen-bond acceptors (Lipinski definition) is 2. The first-order chi connectivity index (χ1) is 7.87. The van der Waals surface area contributed by atoms with Gasteiger partial charge in [0.05, 0.1) is 11.0 Å². The number of anilines is 1. The van der Waals surface area contributed by atoms with E-state index in [2.05, 4.69) is 55.4 Å². The fourth-order valence-electron chi connectivity index (χ4n) is 1.94. The lowest BCUT2D eigenvalue weighted by atomic mass is 9.92. The highest BCUT2D eigenvalue weighted by atomic mass is 15.1. The molecule has 0 atom stereocenters. The van der Waals surface area contributed by atoms with Crippen molar-refractivity contribution < 1.29 is 0 Å². The first-order valence-corrected chi connectivity index (χ1v) is 6.09. The second kappa shape index (κ2) is 4.06. The van der Waals surface area contributed by atoms with Gasteiger partial charge in [-0.3, -0.25) is 0 Å². The van der Waals surface area contributed by atoms with Gasteiger partial charge in [-0.2, -0.15) is 0 Å². The van der Waals surface area contributed by atoms with Gasteiger partial charge in [0, 0.05) is 6.54 Å². The van der Waals surface area contributed by atoms with E-state index >= 15 is 0 Å². The summed E-state index contributed by atoms with van der Waals surface area (Å²) in [6, 6.07) is 6.30. The van der Waals surface area contributed by atoms with E-state index in [0.29, 0.717) is 11.4 Å². The molecule has 1 aromatic heterocycles. The van der Waals surface area contributed by atoms with Crippen LogP contribution in [0.4, 0.5) is 5.95 Å². The number of nitrogen functional groups attached to an aromatic ring is 1. The predicted molar refractivity (Wildman–Crippen MR) is 73.0 cm³/mol. The topological polar surface area (TPSA) is 43.8 Å². The maximum absolute atomic E-state index is 5.98. The zero-order valence-electron chi connectivity index (χ0n) is 11.1. The number of rotatable bonds is 2. The summed E-state index contributed by atoms with van der Waals surface area (Å²) in [5.74, 6) is 0.620. The second-order valence-electron chi connectivity index (χ2n) is 5.92. The number of nitrogens with zero attached hydrogens (tertiary/aromatic N) is 2. The summed E-state index contributed by atoms with van der Waals surface area (Å²) in [4.78, 5) is 4.42. The average molecular weight is 231 g/mol. The highest BCUT2D eigenvalue weighted by molar-refractivity contribution is 5.79. The quantitative estimate of drug-likeness (QED) is 0.861. The van der Waals surface area contributed by atoms with E-state index in [4.69, 9.17) is 5.73 Å². The normalized spacial score (nSPS) is 12.2. The zero-order chi connectivity index (χ0) is 12.6. The summed E-state index contributed by atoms with van der Waals surface area (Å²) < 4.78 is 2.11. The molecular weight excluding hydrogens is 210 g/mol. The summed E-state index contributed by atoms with van der Waals surface area (Å²) in [7, 11) is 0. The fourth-order valence-corrected chi connectivity index (χ4v) is 1.94. The number of imidazole rings is 1. The molecule has 3 heteroatoms. The Morgan fingerprint density at radius 1 is 1.29 bits per heavy atom. The molecular formula is C14H21N3. The van der Waals surface area contributed by atoms with E-state index in [-0.39, 0.29) is 0 Å². The largest absolute Gasteiger partial charge is 0.369 e. The van der Waals surface area contributed by atoms with Crippen LogP contribution < -0.4 is 5.73 Å². The van der Waals surface area contributed by atoms with Crippen LogP contribution in [0.1, 0.15) is 32.8 Å². The molecule has 17 heavy (non-hydrogen) atoms. The highest BCUT2D eigenvalue weighted by Gasteiger charge is 2.13. The van der Waals surface area contributed by atoms with Crippen LogP contribution in [0, 0.1) is 12.3 Å². The van der Waals surface area contributed by atoms with E-state index in [0.717, 1.165) is 24.0 Å². The van der Waals surface area contributed by atoms with Gasteiger partial charge in [0.2, 0.25) is 5.95 Å². The van der Waals surface area contributed by atoms with Crippen molar-refractivity contribution in [1.82, 2.24) is 9.55 Å². The Morgan fingerprint density at radius 3 is 2.65 bits per heavy atom. The van der Waals surface area contributed by atoms with E-state index in [1.807, 2.05) is 0 Å². The van der Waals surface area contributed by atoms with Crippen LogP contribution >= 0.6 is 0 Å². The lowest BCUT2D eigenvalue weighted by Gasteiger charge is -2.18. The third kappa shape index (κ3) is 2.60. The third-order valence-electron chi connectivity index (χ3n) is 3.02. The molecule has 1 heterocycles. The van der Waals surface area contributed by atoms with Gasteiger partial charge in [0.25, 0.3) is 0 Å². The van der Waals surface area contributed by atoms with Gasteiger partial charge in [0.15, 0.2) is 0 Å². The molecule has 0 aliphatic rings. The molecule has 2 rings (SSSR count). The van der Waals surface area contributed by atoms with E-state index in [1.54, 1.807) is 0 Å². The van der Waals surface area contributed by atoms with Crippen molar-refractivity contribution in [2.45, 2.75) is 40.7 Å². The Morgan fingerprint density at radius 2 is 2.00 bits per heavy atom. The lowest BCUT2D eigenvalue weighted by molar-refractivity contribution is 0.354. The second-order valence-corrected chi connectivity index (χ2v) is 5.92. The molecule has 2 N–H and O–H groups in total. The first kappa shape index (κ1) is 12.0. The van der Waals surface area contributed by atoms with Crippen LogP contribution in [-0.4, -0.2) is 9.55 Å². The van der Waals surface area contributed by atoms with Crippen LogP contribution in [0.5, 0.6) is 0 Å². The molecule has 0 unspecified atom stereocenters. The lowest BCUT2D eigenvalue weighted by Crippen LogP contribution is -2.12. The van der Waals surface area contributed by atoms with Crippen LogP contribution in [0.25, 0.3) is 11.0 Å². The number of aryl methyl sites for hydroxylation is 2. The molecule has 0 aliphatic carbocycles. The molecule has 2 aromatic rings. The Hall–Kier alpha value is -1.51. The molecule has 0 radical (unpaired) electrons.